The molecular weight excluding hydrogens is 246 g/mol. The van der Waals surface area contributed by atoms with Gasteiger partial charge in [0.05, 0.1) is 5.69 Å². The third-order valence-electron chi connectivity index (χ3n) is 3.60. The molecule has 1 fully saturated rings. The molecule has 1 heterocycles. The fourth-order valence-corrected chi connectivity index (χ4v) is 2.25. The summed E-state index contributed by atoms with van der Waals surface area (Å²) < 4.78 is 10.5. The Hall–Kier alpha value is -2.04. The highest BCUT2D eigenvalue weighted by molar-refractivity contribution is 6.05. The van der Waals surface area contributed by atoms with Crippen molar-refractivity contribution in [2.75, 3.05) is 12.1 Å². The van der Waals surface area contributed by atoms with Crippen LogP contribution in [0.15, 0.2) is 12.1 Å². The van der Waals surface area contributed by atoms with Crippen molar-refractivity contribution in [1.29, 1.82) is 0 Å². The second kappa shape index (κ2) is 4.26. The fraction of sp³-hybridized carbons (Fsp3) is 0.429. The zero-order valence-electron chi connectivity index (χ0n) is 10.9. The summed E-state index contributed by atoms with van der Waals surface area (Å²) in [7, 11) is 0. The van der Waals surface area contributed by atoms with E-state index in [-0.39, 0.29) is 24.4 Å². The summed E-state index contributed by atoms with van der Waals surface area (Å²) in [5.74, 6) is 1.44. The molecule has 0 radical (unpaired) electrons. The topological polar surface area (TPSA) is 64.6 Å². The monoisotopic (exact) mass is 261 g/mol. The Kier molecular flexibility index (Phi) is 2.69. The molecular formula is C14H15NO4. The molecule has 100 valence electrons. The predicted octanol–water partition coefficient (Wildman–Crippen LogP) is 2.21. The minimum Gasteiger partial charge on any atom is -0.454 e. The Morgan fingerprint density at radius 2 is 1.89 bits per heavy atom. The van der Waals surface area contributed by atoms with E-state index in [0.29, 0.717) is 28.7 Å². The molecule has 1 saturated carbocycles. The second-order valence-corrected chi connectivity index (χ2v) is 5.12. The van der Waals surface area contributed by atoms with Crippen LogP contribution in [0.4, 0.5) is 5.69 Å². The highest BCUT2D eigenvalue weighted by atomic mass is 16.7. The highest BCUT2D eigenvalue weighted by Crippen LogP contribution is 2.40. The zero-order chi connectivity index (χ0) is 13.6. The van der Waals surface area contributed by atoms with Crippen LogP contribution >= 0.6 is 0 Å². The van der Waals surface area contributed by atoms with Gasteiger partial charge in [0.15, 0.2) is 17.3 Å². The molecule has 5 nitrogen and oxygen atoms in total. The molecule has 0 saturated heterocycles. The Morgan fingerprint density at radius 3 is 2.47 bits per heavy atom. The van der Waals surface area contributed by atoms with Crippen molar-refractivity contribution in [3.8, 4) is 11.5 Å². The van der Waals surface area contributed by atoms with E-state index >= 15 is 0 Å². The van der Waals surface area contributed by atoms with Crippen LogP contribution in [0.1, 0.15) is 30.6 Å². The molecule has 1 aliphatic carbocycles. The van der Waals surface area contributed by atoms with E-state index in [9.17, 15) is 9.59 Å². The summed E-state index contributed by atoms with van der Waals surface area (Å²) in [4.78, 5) is 23.6. The number of fused-ring (bicyclic) bond motifs is 1. The number of nitrogens with one attached hydrogen (secondary N) is 1. The molecule has 3 rings (SSSR count). The lowest BCUT2D eigenvalue weighted by molar-refractivity contribution is -0.117. The number of hydrogen-bond acceptors (Lipinski definition) is 4. The minimum absolute atomic E-state index is 0.0335. The van der Waals surface area contributed by atoms with Crippen LogP contribution in [0.5, 0.6) is 11.5 Å². The van der Waals surface area contributed by atoms with Gasteiger partial charge in [-0.25, -0.2) is 0 Å². The molecule has 19 heavy (non-hydrogen) atoms. The van der Waals surface area contributed by atoms with Gasteiger partial charge in [0.1, 0.15) is 0 Å². The number of anilines is 1. The quantitative estimate of drug-likeness (QED) is 0.847. The van der Waals surface area contributed by atoms with E-state index in [4.69, 9.17) is 9.47 Å². The minimum atomic E-state index is -0.113. The van der Waals surface area contributed by atoms with E-state index in [1.54, 1.807) is 12.1 Å². The maximum Gasteiger partial charge on any atom is 0.231 e. The van der Waals surface area contributed by atoms with Crippen LogP contribution in [-0.2, 0) is 4.79 Å². The standard InChI is InChI=1S/C14H15NO4/c1-7-3-9(7)14(17)15-11-5-13-12(18-6-19-13)4-10(11)8(2)16/h4-5,7,9H,3,6H2,1-2H3,(H,15,17). The molecule has 1 aromatic carbocycles. The normalized spacial score (nSPS) is 23.1. The molecule has 1 aromatic rings. The van der Waals surface area contributed by atoms with Crippen LogP contribution in [0.25, 0.3) is 0 Å². The maximum atomic E-state index is 12.0. The van der Waals surface area contributed by atoms with Gasteiger partial charge in [-0.2, -0.15) is 0 Å². The SMILES string of the molecule is CC(=O)c1cc2c(cc1NC(=O)C1CC1C)OCO2. The third-order valence-corrected chi connectivity index (χ3v) is 3.60. The number of carbonyl (C=O) groups is 2. The van der Waals surface area contributed by atoms with E-state index in [0.717, 1.165) is 6.42 Å². The molecule has 2 atom stereocenters. The van der Waals surface area contributed by atoms with Crippen LogP contribution in [-0.4, -0.2) is 18.5 Å². The summed E-state index contributed by atoms with van der Waals surface area (Å²) >= 11 is 0. The lowest BCUT2D eigenvalue weighted by atomic mass is 10.1. The van der Waals surface area contributed by atoms with Crippen molar-refractivity contribution in [3.05, 3.63) is 17.7 Å². The molecule has 0 aromatic heterocycles. The van der Waals surface area contributed by atoms with Crippen molar-refractivity contribution in [2.45, 2.75) is 20.3 Å². The van der Waals surface area contributed by atoms with Gasteiger partial charge < -0.3 is 14.8 Å². The molecule has 1 aliphatic heterocycles. The Bertz CT molecular complexity index is 567. The van der Waals surface area contributed by atoms with Gasteiger partial charge >= 0.3 is 0 Å². The lowest BCUT2D eigenvalue weighted by Crippen LogP contribution is -2.16. The molecule has 5 heteroatoms. The van der Waals surface area contributed by atoms with Crippen LogP contribution < -0.4 is 14.8 Å². The average Bonchev–Trinajstić information content (AvgIpc) is 2.92. The van der Waals surface area contributed by atoms with Gasteiger partial charge in [0, 0.05) is 17.5 Å². The molecule has 0 spiro atoms. The summed E-state index contributed by atoms with van der Waals surface area (Å²) in [5.41, 5.74) is 0.951. The highest BCUT2D eigenvalue weighted by Gasteiger charge is 2.39. The first-order valence-corrected chi connectivity index (χ1v) is 6.31. The number of hydrogen-bond donors (Lipinski definition) is 1. The summed E-state index contributed by atoms with van der Waals surface area (Å²) in [6, 6.07) is 3.28. The maximum absolute atomic E-state index is 12.0. The van der Waals surface area contributed by atoms with Crippen molar-refractivity contribution in [3.63, 3.8) is 0 Å². The molecule has 1 amide bonds. The Labute approximate surface area is 110 Å². The Balaban J connectivity index is 1.90. The second-order valence-electron chi connectivity index (χ2n) is 5.12. The third kappa shape index (κ3) is 2.16. The van der Waals surface area contributed by atoms with Crippen molar-refractivity contribution in [2.24, 2.45) is 11.8 Å². The number of amides is 1. The van der Waals surface area contributed by atoms with Crippen molar-refractivity contribution < 1.29 is 19.1 Å². The van der Waals surface area contributed by atoms with Crippen LogP contribution in [0.3, 0.4) is 0 Å². The van der Waals surface area contributed by atoms with Gasteiger partial charge in [-0.3, -0.25) is 9.59 Å². The molecule has 2 aliphatic rings. The number of ketones is 1. The average molecular weight is 261 g/mol. The van der Waals surface area contributed by atoms with Gasteiger partial charge in [-0.1, -0.05) is 6.92 Å². The first-order valence-electron chi connectivity index (χ1n) is 6.31. The zero-order valence-corrected chi connectivity index (χ0v) is 10.9. The molecule has 1 N–H and O–H groups in total. The van der Waals surface area contributed by atoms with Crippen LogP contribution in [0, 0.1) is 11.8 Å². The van der Waals surface area contributed by atoms with E-state index in [1.165, 1.54) is 6.92 Å². The summed E-state index contributed by atoms with van der Waals surface area (Å²) in [6.07, 6.45) is 0.909. The lowest BCUT2D eigenvalue weighted by Gasteiger charge is -2.10. The summed E-state index contributed by atoms with van der Waals surface area (Å²) in [6.45, 7) is 3.65. The van der Waals surface area contributed by atoms with Gasteiger partial charge in [0.2, 0.25) is 12.7 Å². The smallest absolute Gasteiger partial charge is 0.231 e. The predicted molar refractivity (Wildman–Crippen MR) is 68.5 cm³/mol. The van der Waals surface area contributed by atoms with Gasteiger partial charge in [0.25, 0.3) is 0 Å². The summed E-state index contributed by atoms with van der Waals surface area (Å²) in [5, 5.41) is 2.82. The van der Waals surface area contributed by atoms with Gasteiger partial charge in [-0.15, -0.1) is 0 Å². The van der Waals surface area contributed by atoms with Crippen molar-refractivity contribution >= 4 is 17.4 Å². The number of carbonyl (C=O) groups excluding carboxylic acids is 2. The Morgan fingerprint density at radius 1 is 1.26 bits per heavy atom. The first-order chi connectivity index (χ1) is 9.06. The number of Topliss-reactive ketones (excluding diaryl/α,β-unsaturated/α-hetero) is 1. The van der Waals surface area contributed by atoms with E-state index in [2.05, 4.69) is 5.32 Å². The number of benzene rings is 1. The number of rotatable bonds is 3. The molecule has 2 unspecified atom stereocenters. The fourth-order valence-electron chi connectivity index (χ4n) is 2.25. The van der Waals surface area contributed by atoms with E-state index < -0.39 is 0 Å². The first kappa shape index (κ1) is 12.0. The van der Waals surface area contributed by atoms with Crippen molar-refractivity contribution in [1.82, 2.24) is 0 Å². The van der Waals surface area contributed by atoms with Crippen LogP contribution in [0.2, 0.25) is 0 Å². The largest absolute Gasteiger partial charge is 0.454 e. The van der Waals surface area contributed by atoms with E-state index in [1.807, 2.05) is 6.92 Å². The number of ether oxygens (including phenoxy) is 2. The molecule has 0 bridgehead atoms. The van der Waals surface area contributed by atoms with Gasteiger partial charge in [-0.05, 0) is 25.3 Å².